The van der Waals surface area contributed by atoms with Crippen LogP contribution in [0.25, 0.3) is 11.2 Å². The van der Waals surface area contributed by atoms with Gasteiger partial charge in [-0.1, -0.05) is 23.5 Å². The van der Waals surface area contributed by atoms with Crippen molar-refractivity contribution in [1.82, 2.24) is 29.4 Å². The number of hydrogen-bond donors (Lipinski definition) is 2. The van der Waals surface area contributed by atoms with E-state index < -0.39 is 15.8 Å². The quantitative estimate of drug-likeness (QED) is 0.178. The number of carbonyl (C=O) groups excluding carboxylic acids is 1. The first kappa shape index (κ1) is 29.8. The molecule has 0 spiro atoms. The van der Waals surface area contributed by atoms with Crippen LogP contribution >= 0.6 is 11.3 Å². The molecule has 0 amide bonds. The van der Waals surface area contributed by atoms with E-state index in [0.717, 1.165) is 44.8 Å². The molecule has 0 atom stereocenters. The minimum atomic E-state index is -3.29. The smallest absolute Gasteiger partial charge is 0.350 e. The van der Waals surface area contributed by atoms with Crippen molar-refractivity contribution in [2.24, 2.45) is 0 Å². The Labute approximate surface area is 248 Å². The molecule has 3 aromatic heterocycles. The van der Waals surface area contributed by atoms with Gasteiger partial charge in [-0.05, 0) is 44.5 Å². The highest BCUT2D eigenvalue weighted by atomic mass is 32.2. The van der Waals surface area contributed by atoms with Crippen molar-refractivity contribution in [3.05, 3.63) is 46.7 Å². The summed E-state index contributed by atoms with van der Waals surface area (Å²) in [6.45, 7) is 9.24. The molecule has 42 heavy (non-hydrogen) atoms. The maximum absolute atomic E-state index is 12.3. The van der Waals surface area contributed by atoms with Gasteiger partial charge < -0.3 is 19.4 Å². The van der Waals surface area contributed by atoms with Gasteiger partial charge in [0.1, 0.15) is 4.88 Å². The van der Waals surface area contributed by atoms with Gasteiger partial charge in [-0.3, -0.25) is 10.2 Å². The lowest BCUT2D eigenvalue weighted by atomic mass is 10.2. The van der Waals surface area contributed by atoms with Gasteiger partial charge in [0.15, 0.2) is 32.0 Å². The van der Waals surface area contributed by atoms with Crippen LogP contribution in [-0.4, -0.2) is 96.0 Å². The monoisotopic (exact) mass is 614 g/mol. The number of nitrogens with zero attached hydrogens (tertiary/aromatic N) is 6. The van der Waals surface area contributed by atoms with E-state index in [1.807, 2.05) is 4.57 Å². The van der Waals surface area contributed by atoms with Crippen LogP contribution in [0.15, 0.2) is 35.5 Å². The Kier molecular flexibility index (Phi) is 9.30. The van der Waals surface area contributed by atoms with Crippen LogP contribution < -0.4 is 10.6 Å². The molecular weight excluding hydrogens is 580 g/mol. The maximum Gasteiger partial charge on any atom is 0.350 e. The number of hydrogen-bond acceptors (Lipinski definition) is 13. The van der Waals surface area contributed by atoms with Crippen LogP contribution in [0.5, 0.6) is 0 Å². The molecule has 1 aliphatic rings. The summed E-state index contributed by atoms with van der Waals surface area (Å²) in [4.78, 5) is 33.9. The second-order valence-corrected chi connectivity index (χ2v) is 12.9. The van der Waals surface area contributed by atoms with Crippen LogP contribution in [0.2, 0.25) is 0 Å². The molecule has 1 aromatic carbocycles. The molecule has 1 fully saturated rings. The number of morpholine rings is 1. The normalized spacial score (nSPS) is 14.3. The minimum absolute atomic E-state index is 0.264. The number of sulfone groups is 1. The summed E-state index contributed by atoms with van der Waals surface area (Å²) in [6, 6.07) is 6.75. The zero-order chi connectivity index (χ0) is 29.7. The number of benzene rings is 1. The molecule has 1 aliphatic heterocycles. The highest BCUT2D eigenvalue weighted by Gasteiger charge is 2.19. The minimum Gasteiger partial charge on any atom is -0.462 e. The Bertz CT molecular complexity index is 1650. The summed E-state index contributed by atoms with van der Waals surface area (Å²) in [5.74, 6) is 0.463. The van der Waals surface area contributed by atoms with E-state index in [2.05, 4.69) is 25.5 Å². The fourth-order valence-electron chi connectivity index (χ4n) is 4.54. The predicted octanol–water partition coefficient (Wildman–Crippen LogP) is 3.10. The third kappa shape index (κ3) is 7.21. The summed E-state index contributed by atoms with van der Waals surface area (Å²) < 4.78 is 36.2. The largest absolute Gasteiger partial charge is 0.462 e. The van der Waals surface area contributed by atoms with Gasteiger partial charge in [-0.2, -0.15) is 9.97 Å². The number of anilines is 3. The Morgan fingerprint density at radius 2 is 1.90 bits per heavy atom. The summed E-state index contributed by atoms with van der Waals surface area (Å²) >= 11 is 1.18. The standard InChI is InChI=1S/C27H34N8O5S2/c1-4-40-25(36)22-18(2)30-27(41-22)33-26-31-23(28-10-5-11-34-12-14-39-15-13-34)21-24(32-26)35(17-29-21)16-19-6-8-20(9-7-19)42(3,37)38/h6-9,17H,4-5,10-16H2,1-3H3,(H2,28,30,31,32,33). The Hall–Kier alpha value is -3.66. The van der Waals surface area contributed by atoms with Gasteiger partial charge in [0, 0.05) is 25.9 Å². The molecule has 0 radical (unpaired) electrons. The molecule has 0 saturated carbocycles. The van der Waals surface area contributed by atoms with Crippen molar-refractivity contribution in [2.75, 3.05) is 62.9 Å². The average Bonchev–Trinajstić information content (AvgIpc) is 3.54. The van der Waals surface area contributed by atoms with Crippen molar-refractivity contribution in [2.45, 2.75) is 31.7 Å². The SMILES string of the molecule is CCOC(=O)c1sc(Nc2nc(NCCCN3CCOCC3)c3ncn(Cc4ccc(S(C)(=O)=O)cc4)c3n2)nc1C. The van der Waals surface area contributed by atoms with Gasteiger partial charge in [0.25, 0.3) is 0 Å². The van der Waals surface area contributed by atoms with Crippen LogP contribution in [0.3, 0.4) is 0 Å². The van der Waals surface area contributed by atoms with Gasteiger partial charge >= 0.3 is 5.97 Å². The average molecular weight is 615 g/mol. The predicted molar refractivity (Wildman–Crippen MR) is 160 cm³/mol. The second kappa shape index (κ2) is 13.1. The highest BCUT2D eigenvalue weighted by molar-refractivity contribution is 7.90. The van der Waals surface area contributed by atoms with Crippen LogP contribution in [0.1, 0.15) is 34.3 Å². The number of ether oxygens (including phenoxy) is 2. The zero-order valence-corrected chi connectivity index (χ0v) is 25.4. The van der Waals surface area contributed by atoms with Gasteiger partial charge in [0.2, 0.25) is 5.95 Å². The van der Waals surface area contributed by atoms with E-state index >= 15 is 0 Å². The molecule has 0 bridgehead atoms. The molecule has 1 saturated heterocycles. The number of imidazole rings is 1. The second-order valence-electron chi connectivity index (χ2n) is 9.87. The first-order valence-electron chi connectivity index (χ1n) is 13.7. The van der Waals surface area contributed by atoms with Gasteiger partial charge in [0.05, 0.1) is 43.3 Å². The molecule has 0 unspecified atom stereocenters. The molecule has 5 rings (SSSR count). The molecule has 0 aliphatic carbocycles. The molecule has 4 heterocycles. The number of carbonyl (C=O) groups is 1. The number of aryl methyl sites for hydroxylation is 1. The van der Waals surface area contributed by atoms with Crippen molar-refractivity contribution in [3.63, 3.8) is 0 Å². The Morgan fingerprint density at radius 3 is 2.62 bits per heavy atom. The molecule has 4 aromatic rings. The zero-order valence-electron chi connectivity index (χ0n) is 23.8. The van der Waals surface area contributed by atoms with Crippen molar-refractivity contribution >= 4 is 55.2 Å². The number of nitrogens with one attached hydrogen (secondary N) is 2. The molecular formula is C27H34N8O5S2. The number of esters is 1. The van der Waals surface area contributed by atoms with Crippen LogP contribution in [0, 0.1) is 6.92 Å². The van der Waals surface area contributed by atoms with Gasteiger partial charge in [-0.15, -0.1) is 0 Å². The van der Waals surface area contributed by atoms with E-state index in [0.29, 0.717) is 51.7 Å². The molecule has 15 heteroatoms. The number of thiazole rings is 1. The fourth-order valence-corrected chi connectivity index (χ4v) is 6.03. The lowest BCUT2D eigenvalue weighted by molar-refractivity contribution is 0.0378. The number of rotatable bonds is 12. The van der Waals surface area contributed by atoms with Crippen molar-refractivity contribution in [1.29, 1.82) is 0 Å². The molecule has 224 valence electrons. The third-order valence-electron chi connectivity index (χ3n) is 6.69. The van der Waals surface area contributed by atoms with Crippen molar-refractivity contribution in [3.8, 4) is 0 Å². The first-order valence-corrected chi connectivity index (χ1v) is 16.4. The van der Waals surface area contributed by atoms with E-state index in [1.54, 1.807) is 44.4 Å². The summed E-state index contributed by atoms with van der Waals surface area (Å²) in [7, 11) is -3.29. The summed E-state index contributed by atoms with van der Waals surface area (Å²) in [5.41, 5.74) is 2.66. The van der Waals surface area contributed by atoms with E-state index in [-0.39, 0.29) is 11.5 Å². The summed E-state index contributed by atoms with van der Waals surface area (Å²) in [6.07, 6.45) is 3.79. The fraction of sp³-hybridized carbons (Fsp3) is 0.444. The van der Waals surface area contributed by atoms with Gasteiger partial charge in [-0.25, -0.2) is 23.2 Å². The lowest BCUT2D eigenvalue weighted by Gasteiger charge is -2.26. The molecule has 13 nitrogen and oxygen atoms in total. The number of aromatic nitrogens is 5. The van der Waals surface area contributed by atoms with E-state index in [1.165, 1.54) is 17.6 Å². The summed E-state index contributed by atoms with van der Waals surface area (Å²) in [5, 5.41) is 7.04. The maximum atomic E-state index is 12.3. The Morgan fingerprint density at radius 1 is 1.14 bits per heavy atom. The topological polar surface area (TPSA) is 153 Å². The third-order valence-corrected chi connectivity index (χ3v) is 8.87. The molecule has 2 N–H and O–H groups in total. The van der Waals surface area contributed by atoms with E-state index in [4.69, 9.17) is 19.4 Å². The van der Waals surface area contributed by atoms with Crippen LogP contribution in [-0.2, 0) is 25.9 Å². The highest BCUT2D eigenvalue weighted by Crippen LogP contribution is 2.28. The number of fused-ring (bicyclic) bond motifs is 1. The van der Waals surface area contributed by atoms with E-state index in [9.17, 15) is 13.2 Å². The van der Waals surface area contributed by atoms with Crippen LogP contribution in [0.4, 0.5) is 16.9 Å². The Balaban J connectivity index is 1.40. The van der Waals surface area contributed by atoms with Crippen molar-refractivity contribution < 1.29 is 22.7 Å². The first-order chi connectivity index (χ1) is 20.2. The lowest BCUT2D eigenvalue weighted by Crippen LogP contribution is -2.37.